The maximum atomic E-state index is 12.3. The van der Waals surface area contributed by atoms with Gasteiger partial charge in [0.2, 0.25) is 0 Å². The van der Waals surface area contributed by atoms with E-state index in [4.69, 9.17) is 0 Å². The van der Waals surface area contributed by atoms with Crippen LogP contribution in [-0.2, 0) is 17.6 Å². The van der Waals surface area contributed by atoms with E-state index in [0.29, 0.717) is 6.42 Å². The van der Waals surface area contributed by atoms with Gasteiger partial charge in [-0.3, -0.25) is 4.79 Å². The van der Waals surface area contributed by atoms with Crippen LogP contribution in [0.3, 0.4) is 0 Å². The Bertz CT molecular complexity index is 551. The maximum absolute atomic E-state index is 12.3. The van der Waals surface area contributed by atoms with E-state index in [1.54, 1.807) is 6.20 Å². The van der Waals surface area contributed by atoms with Gasteiger partial charge in [-0.15, -0.1) is 11.3 Å². The minimum Gasteiger partial charge on any atom is -0.303 e. The SMILES string of the molecule is O=C(Cc1nccs1)C1NCCc2ccccc21. The van der Waals surface area contributed by atoms with Crippen molar-refractivity contribution in [1.29, 1.82) is 0 Å². The summed E-state index contributed by atoms with van der Waals surface area (Å²) in [6.07, 6.45) is 3.16. The molecule has 3 nitrogen and oxygen atoms in total. The van der Waals surface area contributed by atoms with Crippen LogP contribution in [0.25, 0.3) is 0 Å². The number of thiazole rings is 1. The lowest BCUT2D eigenvalue weighted by atomic mass is 9.91. The van der Waals surface area contributed by atoms with Crippen LogP contribution in [0.4, 0.5) is 0 Å². The van der Waals surface area contributed by atoms with E-state index in [1.165, 1.54) is 16.9 Å². The topological polar surface area (TPSA) is 42.0 Å². The average Bonchev–Trinajstić information content (AvgIpc) is 2.91. The molecule has 92 valence electrons. The molecule has 1 aliphatic rings. The van der Waals surface area contributed by atoms with Crippen LogP contribution in [0.2, 0.25) is 0 Å². The number of ketones is 1. The second-order valence-corrected chi connectivity index (χ2v) is 5.38. The van der Waals surface area contributed by atoms with Gasteiger partial charge in [-0.1, -0.05) is 24.3 Å². The van der Waals surface area contributed by atoms with Gasteiger partial charge in [0.15, 0.2) is 5.78 Å². The molecule has 1 aliphatic heterocycles. The van der Waals surface area contributed by atoms with Gasteiger partial charge in [0.25, 0.3) is 0 Å². The Balaban J connectivity index is 1.83. The zero-order chi connectivity index (χ0) is 12.4. The number of benzene rings is 1. The number of rotatable bonds is 3. The lowest BCUT2D eigenvalue weighted by Crippen LogP contribution is -2.35. The molecule has 0 fully saturated rings. The van der Waals surface area contributed by atoms with Crippen molar-refractivity contribution in [1.82, 2.24) is 10.3 Å². The first kappa shape index (κ1) is 11.6. The average molecular weight is 258 g/mol. The number of hydrogen-bond donors (Lipinski definition) is 1. The van der Waals surface area contributed by atoms with Gasteiger partial charge < -0.3 is 5.32 Å². The molecule has 2 aromatic rings. The Morgan fingerprint density at radius 1 is 1.44 bits per heavy atom. The van der Waals surface area contributed by atoms with Crippen molar-refractivity contribution < 1.29 is 4.79 Å². The normalized spacial score (nSPS) is 18.3. The molecule has 1 unspecified atom stereocenters. The molecule has 1 N–H and O–H groups in total. The monoisotopic (exact) mass is 258 g/mol. The van der Waals surface area contributed by atoms with Crippen molar-refractivity contribution in [3.63, 3.8) is 0 Å². The molecule has 0 spiro atoms. The van der Waals surface area contributed by atoms with Crippen LogP contribution in [-0.4, -0.2) is 17.3 Å². The highest BCUT2D eigenvalue weighted by molar-refractivity contribution is 7.09. The predicted octanol–water partition coefficient (Wildman–Crippen LogP) is 2.14. The Kier molecular flexibility index (Phi) is 3.21. The fraction of sp³-hybridized carbons (Fsp3) is 0.286. The Morgan fingerprint density at radius 2 is 2.33 bits per heavy atom. The minimum absolute atomic E-state index is 0.168. The Morgan fingerprint density at radius 3 is 3.17 bits per heavy atom. The van der Waals surface area contributed by atoms with Crippen LogP contribution in [0, 0.1) is 0 Å². The first-order chi connectivity index (χ1) is 8.84. The number of carbonyl (C=O) groups is 1. The summed E-state index contributed by atoms with van der Waals surface area (Å²) >= 11 is 1.54. The van der Waals surface area contributed by atoms with Gasteiger partial charge in [0.1, 0.15) is 0 Å². The lowest BCUT2D eigenvalue weighted by Gasteiger charge is -2.25. The van der Waals surface area contributed by atoms with Gasteiger partial charge in [-0.05, 0) is 17.5 Å². The Hall–Kier alpha value is -1.52. The number of Topliss-reactive ketones (excluding diaryl/α,β-unsaturated/α-hetero) is 1. The zero-order valence-electron chi connectivity index (χ0n) is 9.93. The highest BCUT2D eigenvalue weighted by Gasteiger charge is 2.25. The van der Waals surface area contributed by atoms with Gasteiger partial charge in [-0.2, -0.15) is 0 Å². The third-order valence-corrected chi connectivity index (χ3v) is 4.02. The summed E-state index contributed by atoms with van der Waals surface area (Å²) in [5.74, 6) is 0.206. The molecule has 18 heavy (non-hydrogen) atoms. The van der Waals surface area contributed by atoms with E-state index in [0.717, 1.165) is 23.5 Å². The van der Waals surface area contributed by atoms with Gasteiger partial charge in [0, 0.05) is 18.1 Å². The summed E-state index contributed by atoms with van der Waals surface area (Å²) in [4.78, 5) is 16.5. The second-order valence-electron chi connectivity index (χ2n) is 4.40. The molecule has 1 atom stereocenters. The second kappa shape index (κ2) is 5.00. The van der Waals surface area contributed by atoms with Crippen LogP contribution < -0.4 is 5.32 Å². The first-order valence-electron chi connectivity index (χ1n) is 6.07. The fourth-order valence-electron chi connectivity index (χ4n) is 2.38. The molecule has 1 aromatic heterocycles. The lowest BCUT2D eigenvalue weighted by molar-refractivity contribution is -0.120. The number of nitrogens with one attached hydrogen (secondary N) is 1. The van der Waals surface area contributed by atoms with Crippen LogP contribution in [0.1, 0.15) is 22.2 Å². The highest BCUT2D eigenvalue weighted by atomic mass is 32.1. The molecule has 0 aliphatic carbocycles. The molecule has 0 radical (unpaired) electrons. The summed E-state index contributed by atoms with van der Waals surface area (Å²) in [7, 11) is 0. The molecular weight excluding hydrogens is 244 g/mol. The predicted molar refractivity (Wildman–Crippen MR) is 71.7 cm³/mol. The zero-order valence-corrected chi connectivity index (χ0v) is 10.7. The molecule has 2 heterocycles. The van der Waals surface area contributed by atoms with Crippen molar-refractivity contribution in [3.05, 3.63) is 52.0 Å². The smallest absolute Gasteiger partial charge is 0.161 e. The van der Waals surface area contributed by atoms with Crippen molar-refractivity contribution in [2.45, 2.75) is 18.9 Å². The quantitative estimate of drug-likeness (QED) is 0.917. The molecule has 0 saturated heterocycles. The fourth-order valence-corrected chi connectivity index (χ4v) is 3.01. The minimum atomic E-state index is -0.168. The van der Waals surface area contributed by atoms with Crippen molar-refractivity contribution >= 4 is 17.1 Å². The van der Waals surface area contributed by atoms with E-state index >= 15 is 0 Å². The van der Waals surface area contributed by atoms with Crippen LogP contribution in [0.15, 0.2) is 35.8 Å². The molecule has 1 aromatic carbocycles. The number of carbonyl (C=O) groups excluding carboxylic acids is 1. The summed E-state index contributed by atoms with van der Waals surface area (Å²) in [5, 5.41) is 6.12. The third-order valence-electron chi connectivity index (χ3n) is 3.24. The van der Waals surface area contributed by atoms with E-state index in [-0.39, 0.29) is 11.8 Å². The standard InChI is InChI=1S/C14H14N2OS/c17-12(9-13-15-7-8-18-13)14-11-4-2-1-3-10(11)5-6-16-14/h1-4,7-8,14,16H,5-6,9H2. The Labute approximate surface area is 110 Å². The first-order valence-corrected chi connectivity index (χ1v) is 6.95. The molecule has 0 saturated carbocycles. The van der Waals surface area contributed by atoms with Gasteiger partial charge in [0.05, 0.1) is 17.5 Å². The maximum Gasteiger partial charge on any atom is 0.161 e. The molecule has 4 heteroatoms. The van der Waals surface area contributed by atoms with Crippen LogP contribution in [0.5, 0.6) is 0 Å². The number of hydrogen-bond acceptors (Lipinski definition) is 4. The summed E-state index contributed by atoms with van der Waals surface area (Å²) in [6, 6.07) is 8.02. The van der Waals surface area contributed by atoms with E-state index < -0.39 is 0 Å². The third kappa shape index (κ3) is 2.21. The van der Waals surface area contributed by atoms with E-state index in [1.807, 2.05) is 23.6 Å². The highest BCUT2D eigenvalue weighted by Crippen LogP contribution is 2.24. The number of nitrogens with zero attached hydrogens (tertiary/aromatic N) is 1. The van der Waals surface area contributed by atoms with E-state index in [9.17, 15) is 4.79 Å². The molecule has 0 amide bonds. The largest absolute Gasteiger partial charge is 0.303 e. The van der Waals surface area contributed by atoms with Crippen molar-refractivity contribution in [2.24, 2.45) is 0 Å². The van der Waals surface area contributed by atoms with Crippen molar-refractivity contribution in [3.8, 4) is 0 Å². The van der Waals surface area contributed by atoms with Gasteiger partial charge in [-0.25, -0.2) is 4.98 Å². The number of aromatic nitrogens is 1. The molecular formula is C14H14N2OS. The number of fused-ring (bicyclic) bond motifs is 1. The molecule has 0 bridgehead atoms. The summed E-state index contributed by atoms with van der Waals surface area (Å²) in [6.45, 7) is 0.866. The molecule has 3 rings (SSSR count). The van der Waals surface area contributed by atoms with Crippen LogP contribution >= 0.6 is 11.3 Å². The summed E-state index contributed by atoms with van der Waals surface area (Å²) in [5.41, 5.74) is 2.42. The van der Waals surface area contributed by atoms with E-state index in [2.05, 4.69) is 16.4 Å². The summed E-state index contributed by atoms with van der Waals surface area (Å²) < 4.78 is 0. The van der Waals surface area contributed by atoms with Gasteiger partial charge >= 0.3 is 0 Å². The van der Waals surface area contributed by atoms with Crippen molar-refractivity contribution in [2.75, 3.05) is 6.54 Å².